The fourth-order valence-electron chi connectivity index (χ4n) is 1.96. The van der Waals surface area contributed by atoms with E-state index >= 15 is 0 Å². The lowest BCUT2D eigenvalue weighted by Gasteiger charge is -2.19. The Balaban J connectivity index is 2.38. The fraction of sp³-hybridized carbons (Fsp3) is 0.357. The summed E-state index contributed by atoms with van der Waals surface area (Å²) in [6.07, 6.45) is 6.30. The maximum atomic E-state index is 6.05. The number of anilines is 1. The van der Waals surface area contributed by atoms with Crippen molar-refractivity contribution in [1.29, 1.82) is 0 Å². The molecule has 5 nitrogen and oxygen atoms in total. The monoisotopic (exact) mass is 257 g/mol. The maximum absolute atomic E-state index is 6.05. The van der Waals surface area contributed by atoms with Crippen LogP contribution in [0.4, 0.5) is 5.69 Å². The van der Waals surface area contributed by atoms with E-state index in [1.807, 2.05) is 19.1 Å². The van der Waals surface area contributed by atoms with Crippen LogP contribution in [0.2, 0.25) is 0 Å². The molecule has 0 spiro atoms. The smallest absolute Gasteiger partial charge is 0.125 e. The number of nitrogens with one attached hydrogen (secondary N) is 1. The van der Waals surface area contributed by atoms with Gasteiger partial charge in [-0.2, -0.15) is 0 Å². The first-order chi connectivity index (χ1) is 9.22. The average Bonchev–Trinajstić information content (AvgIpc) is 2.41. The number of rotatable bonds is 5. The highest BCUT2D eigenvalue weighted by atomic mass is 15.0. The molecule has 0 aliphatic carbocycles. The Hall–Kier alpha value is -2.01. The number of nitrogens with zero attached hydrogens (tertiary/aromatic N) is 3. The van der Waals surface area contributed by atoms with E-state index in [1.54, 1.807) is 18.6 Å². The molecule has 3 N–H and O–H groups in total. The van der Waals surface area contributed by atoms with Crippen molar-refractivity contribution in [3.8, 4) is 0 Å². The number of pyridine rings is 1. The second kappa shape index (κ2) is 6.24. The van der Waals surface area contributed by atoms with Gasteiger partial charge in [0, 0.05) is 29.8 Å². The molecule has 0 bridgehead atoms. The third-order valence-corrected chi connectivity index (χ3v) is 2.89. The van der Waals surface area contributed by atoms with Crippen LogP contribution < -0.4 is 11.1 Å². The molecule has 100 valence electrons. The Morgan fingerprint density at radius 2 is 2.16 bits per heavy atom. The summed E-state index contributed by atoms with van der Waals surface area (Å²) in [6, 6.07) is 3.67. The fourth-order valence-corrected chi connectivity index (χ4v) is 1.96. The number of aryl methyl sites for hydroxylation is 1. The van der Waals surface area contributed by atoms with E-state index in [4.69, 9.17) is 5.73 Å². The van der Waals surface area contributed by atoms with Crippen molar-refractivity contribution in [1.82, 2.24) is 20.3 Å². The third kappa shape index (κ3) is 3.26. The summed E-state index contributed by atoms with van der Waals surface area (Å²) in [6.45, 7) is 4.90. The van der Waals surface area contributed by atoms with Gasteiger partial charge in [-0.1, -0.05) is 6.92 Å². The van der Waals surface area contributed by atoms with Crippen LogP contribution in [0.1, 0.15) is 36.5 Å². The van der Waals surface area contributed by atoms with Crippen LogP contribution >= 0.6 is 0 Å². The molecule has 5 heteroatoms. The van der Waals surface area contributed by atoms with Crippen molar-refractivity contribution in [2.24, 2.45) is 0 Å². The molecule has 2 aromatic rings. The zero-order chi connectivity index (χ0) is 13.7. The number of aromatic nitrogens is 3. The quantitative estimate of drug-likeness (QED) is 0.854. The number of nitrogen functional groups attached to an aromatic ring is 1. The highest BCUT2D eigenvalue weighted by molar-refractivity contribution is 5.48. The van der Waals surface area contributed by atoms with Crippen LogP contribution in [0.25, 0.3) is 0 Å². The van der Waals surface area contributed by atoms with Crippen LogP contribution in [0.5, 0.6) is 0 Å². The van der Waals surface area contributed by atoms with Crippen LogP contribution in [-0.2, 0) is 0 Å². The number of hydrogen-bond donors (Lipinski definition) is 2. The van der Waals surface area contributed by atoms with Gasteiger partial charge in [-0.3, -0.25) is 4.98 Å². The molecule has 2 aromatic heterocycles. The zero-order valence-corrected chi connectivity index (χ0v) is 11.3. The summed E-state index contributed by atoms with van der Waals surface area (Å²) in [5, 5.41) is 3.46. The topological polar surface area (TPSA) is 76.7 Å². The molecule has 0 radical (unpaired) electrons. The van der Waals surface area contributed by atoms with E-state index in [0.29, 0.717) is 0 Å². The standard InChI is InChI=1S/C14H19N5/c1-3-6-18-14(11-9-16-7-4-12(11)15)13-5-8-17-10(2)19-13/h4-5,7-9,14,18H,3,6H2,1-2H3,(H2,15,16). The molecule has 0 aliphatic heterocycles. The van der Waals surface area contributed by atoms with E-state index in [1.165, 1.54) is 0 Å². The second-order valence-electron chi connectivity index (χ2n) is 4.42. The summed E-state index contributed by atoms with van der Waals surface area (Å²) >= 11 is 0. The van der Waals surface area contributed by atoms with Crippen LogP contribution in [0, 0.1) is 6.92 Å². The molecule has 2 heterocycles. The third-order valence-electron chi connectivity index (χ3n) is 2.89. The minimum absolute atomic E-state index is 0.0460. The molecule has 0 aliphatic rings. The van der Waals surface area contributed by atoms with Crippen molar-refractivity contribution in [2.45, 2.75) is 26.3 Å². The van der Waals surface area contributed by atoms with Crippen molar-refractivity contribution in [3.05, 3.63) is 47.8 Å². The largest absolute Gasteiger partial charge is 0.398 e. The molecule has 0 saturated carbocycles. The first kappa shape index (κ1) is 13.4. The van der Waals surface area contributed by atoms with Gasteiger partial charge < -0.3 is 11.1 Å². The molecule has 0 fully saturated rings. The van der Waals surface area contributed by atoms with Gasteiger partial charge in [-0.05, 0) is 32.0 Å². The normalized spacial score (nSPS) is 12.3. The van der Waals surface area contributed by atoms with E-state index in [9.17, 15) is 0 Å². The lowest BCUT2D eigenvalue weighted by Crippen LogP contribution is -2.25. The van der Waals surface area contributed by atoms with E-state index in [0.717, 1.165) is 35.7 Å². The molecule has 1 unspecified atom stereocenters. The predicted octanol–water partition coefficient (Wildman–Crippen LogP) is 1.85. The lowest BCUT2D eigenvalue weighted by atomic mass is 10.0. The zero-order valence-electron chi connectivity index (χ0n) is 11.3. The SMILES string of the molecule is CCCNC(c1ccnc(C)n1)c1cnccc1N. The Bertz CT molecular complexity index is 541. The summed E-state index contributed by atoms with van der Waals surface area (Å²) < 4.78 is 0. The van der Waals surface area contributed by atoms with Gasteiger partial charge in [-0.15, -0.1) is 0 Å². The van der Waals surface area contributed by atoms with Crippen molar-refractivity contribution in [3.63, 3.8) is 0 Å². The first-order valence-corrected chi connectivity index (χ1v) is 6.44. The molecule has 0 amide bonds. The number of nitrogens with two attached hydrogens (primary N) is 1. The molecule has 1 atom stereocenters. The van der Waals surface area contributed by atoms with Gasteiger partial charge in [0.2, 0.25) is 0 Å². The molecular weight excluding hydrogens is 238 g/mol. The van der Waals surface area contributed by atoms with Crippen molar-refractivity contribution in [2.75, 3.05) is 12.3 Å². The average molecular weight is 257 g/mol. The minimum atomic E-state index is -0.0460. The highest BCUT2D eigenvalue weighted by Crippen LogP contribution is 2.24. The second-order valence-corrected chi connectivity index (χ2v) is 4.42. The predicted molar refractivity (Wildman–Crippen MR) is 75.6 cm³/mol. The molecule has 0 aromatic carbocycles. The van der Waals surface area contributed by atoms with Gasteiger partial charge in [0.25, 0.3) is 0 Å². The van der Waals surface area contributed by atoms with Crippen molar-refractivity contribution < 1.29 is 0 Å². The van der Waals surface area contributed by atoms with Crippen LogP contribution in [0.3, 0.4) is 0 Å². The molecule has 0 saturated heterocycles. The molecule has 19 heavy (non-hydrogen) atoms. The summed E-state index contributed by atoms with van der Waals surface area (Å²) in [4.78, 5) is 12.8. The van der Waals surface area contributed by atoms with Gasteiger partial charge in [0.15, 0.2) is 0 Å². The van der Waals surface area contributed by atoms with Crippen LogP contribution in [-0.4, -0.2) is 21.5 Å². The van der Waals surface area contributed by atoms with Gasteiger partial charge in [0.1, 0.15) is 5.82 Å². The van der Waals surface area contributed by atoms with Crippen LogP contribution in [0.15, 0.2) is 30.7 Å². The van der Waals surface area contributed by atoms with Crippen molar-refractivity contribution >= 4 is 5.69 Å². The Kier molecular flexibility index (Phi) is 4.41. The molecular formula is C14H19N5. The van der Waals surface area contributed by atoms with Gasteiger partial charge >= 0.3 is 0 Å². The summed E-state index contributed by atoms with van der Waals surface area (Å²) in [5.41, 5.74) is 8.64. The first-order valence-electron chi connectivity index (χ1n) is 6.44. The number of hydrogen-bond acceptors (Lipinski definition) is 5. The summed E-state index contributed by atoms with van der Waals surface area (Å²) in [7, 11) is 0. The summed E-state index contributed by atoms with van der Waals surface area (Å²) in [5.74, 6) is 0.753. The Labute approximate surface area is 113 Å². The van der Waals surface area contributed by atoms with E-state index < -0.39 is 0 Å². The molecule has 2 rings (SSSR count). The lowest BCUT2D eigenvalue weighted by molar-refractivity contribution is 0.583. The Morgan fingerprint density at radius 1 is 1.32 bits per heavy atom. The maximum Gasteiger partial charge on any atom is 0.125 e. The minimum Gasteiger partial charge on any atom is -0.398 e. The van der Waals surface area contributed by atoms with Gasteiger partial charge in [-0.25, -0.2) is 9.97 Å². The Morgan fingerprint density at radius 3 is 2.84 bits per heavy atom. The van der Waals surface area contributed by atoms with E-state index in [-0.39, 0.29) is 6.04 Å². The van der Waals surface area contributed by atoms with E-state index in [2.05, 4.69) is 27.2 Å². The van der Waals surface area contributed by atoms with Gasteiger partial charge in [0.05, 0.1) is 11.7 Å². The highest BCUT2D eigenvalue weighted by Gasteiger charge is 2.17.